The van der Waals surface area contributed by atoms with Crippen LogP contribution in [0.15, 0.2) is 12.1 Å². The molecule has 0 aliphatic carbocycles. The molecule has 0 aliphatic heterocycles. The van der Waals surface area contributed by atoms with E-state index in [1.807, 2.05) is 0 Å². The third-order valence-electron chi connectivity index (χ3n) is 3.08. The van der Waals surface area contributed by atoms with Crippen molar-refractivity contribution in [2.45, 2.75) is 24.4 Å². The number of fused-ring (bicyclic) bond motifs is 1. The molecule has 2 rings (SSSR count). The second kappa shape index (κ2) is 6.45. The molecule has 0 spiro atoms. The molecule has 1 heterocycles. The van der Waals surface area contributed by atoms with E-state index in [-0.39, 0.29) is 10.8 Å². The maximum atomic E-state index is 9.98. The highest BCUT2D eigenvalue weighted by Gasteiger charge is 2.32. The average molecular weight is 337 g/mol. The van der Waals surface area contributed by atoms with Crippen molar-refractivity contribution in [3.8, 4) is 0 Å². The molecular weight excluding hydrogens is 323 g/mol. The lowest BCUT2D eigenvalue weighted by molar-refractivity contribution is -0.117. The van der Waals surface area contributed by atoms with Crippen LogP contribution in [0.25, 0.3) is 11.0 Å². The number of H-pyrrole nitrogens is 1. The number of aromatic amines is 1. The highest BCUT2D eigenvalue weighted by atomic mass is 35.5. The summed E-state index contributed by atoms with van der Waals surface area (Å²) >= 11 is 11.7. The molecular formula is C12H14Cl2N2O5. The van der Waals surface area contributed by atoms with Gasteiger partial charge in [0.1, 0.15) is 30.2 Å². The summed E-state index contributed by atoms with van der Waals surface area (Å²) < 4.78 is 0. The molecule has 1 aromatic carbocycles. The van der Waals surface area contributed by atoms with Crippen molar-refractivity contribution >= 4 is 34.2 Å². The van der Waals surface area contributed by atoms with Gasteiger partial charge in [-0.15, -0.1) is 0 Å². The summed E-state index contributed by atoms with van der Waals surface area (Å²) in [5.74, 6) is -0.0278. The number of halogens is 2. The zero-order valence-corrected chi connectivity index (χ0v) is 12.1. The summed E-state index contributed by atoms with van der Waals surface area (Å²) in [5, 5.41) is 47.9. The Labute approximate surface area is 129 Å². The first kappa shape index (κ1) is 16.4. The summed E-state index contributed by atoms with van der Waals surface area (Å²) in [7, 11) is 0. The molecule has 0 bridgehead atoms. The number of benzene rings is 1. The molecule has 6 N–H and O–H groups in total. The second-order valence-electron chi connectivity index (χ2n) is 4.58. The zero-order chi connectivity index (χ0) is 15.7. The fraction of sp³-hybridized carbons (Fsp3) is 0.417. The van der Waals surface area contributed by atoms with Gasteiger partial charge >= 0.3 is 0 Å². The lowest BCUT2D eigenvalue weighted by Gasteiger charge is -2.24. The first-order valence-corrected chi connectivity index (χ1v) is 6.78. The molecule has 4 atom stereocenters. The third-order valence-corrected chi connectivity index (χ3v) is 3.80. The Morgan fingerprint density at radius 2 is 1.67 bits per heavy atom. The van der Waals surface area contributed by atoms with E-state index in [0.29, 0.717) is 16.1 Å². The van der Waals surface area contributed by atoms with Crippen molar-refractivity contribution in [2.75, 3.05) is 6.61 Å². The van der Waals surface area contributed by atoms with Gasteiger partial charge in [-0.2, -0.15) is 0 Å². The minimum absolute atomic E-state index is 0.0278. The van der Waals surface area contributed by atoms with Crippen LogP contribution in [0.2, 0.25) is 10.0 Å². The second-order valence-corrected chi connectivity index (χ2v) is 5.40. The maximum Gasteiger partial charge on any atom is 0.140 e. The van der Waals surface area contributed by atoms with Gasteiger partial charge in [-0.3, -0.25) is 0 Å². The predicted octanol–water partition coefficient (Wildman–Crippen LogP) is -0.0219. The van der Waals surface area contributed by atoms with Crippen LogP contribution in [-0.2, 0) is 0 Å². The molecule has 0 fully saturated rings. The number of hydrogen-bond acceptors (Lipinski definition) is 6. The van der Waals surface area contributed by atoms with Crippen molar-refractivity contribution in [2.24, 2.45) is 0 Å². The number of nitrogens with one attached hydrogen (secondary N) is 1. The van der Waals surface area contributed by atoms with Gasteiger partial charge in [-0.25, -0.2) is 4.98 Å². The molecule has 116 valence electrons. The van der Waals surface area contributed by atoms with Crippen LogP contribution < -0.4 is 0 Å². The topological polar surface area (TPSA) is 130 Å². The molecule has 0 amide bonds. The van der Waals surface area contributed by atoms with Crippen LogP contribution in [0.1, 0.15) is 11.9 Å². The smallest absolute Gasteiger partial charge is 0.140 e. The number of rotatable bonds is 5. The van der Waals surface area contributed by atoms with E-state index in [0.717, 1.165) is 0 Å². The lowest BCUT2D eigenvalue weighted by Crippen LogP contribution is -2.42. The summed E-state index contributed by atoms with van der Waals surface area (Å²) in [6.07, 6.45) is -6.64. The first-order valence-electron chi connectivity index (χ1n) is 6.03. The van der Waals surface area contributed by atoms with Crippen LogP contribution in [-0.4, -0.2) is 60.4 Å². The number of aliphatic hydroxyl groups is 5. The van der Waals surface area contributed by atoms with Crippen LogP contribution in [0.5, 0.6) is 0 Å². The molecule has 0 unspecified atom stereocenters. The number of nitrogens with zero attached hydrogens (tertiary/aromatic N) is 1. The van der Waals surface area contributed by atoms with E-state index in [9.17, 15) is 20.4 Å². The summed E-state index contributed by atoms with van der Waals surface area (Å²) in [6, 6.07) is 2.99. The van der Waals surface area contributed by atoms with Crippen molar-refractivity contribution in [3.63, 3.8) is 0 Å². The van der Waals surface area contributed by atoms with Crippen molar-refractivity contribution in [3.05, 3.63) is 28.0 Å². The van der Waals surface area contributed by atoms with Crippen LogP contribution >= 0.6 is 23.2 Å². The first-order chi connectivity index (χ1) is 9.85. The van der Waals surface area contributed by atoms with E-state index in [1.54, 1.807) is 0 Å². The van der Waals surface area contributed by atoms with E-state index >= 15 is 0 Å². The number of aliphatic hydroxyl groups excluding tert-OH is 5. The minimum atomic E-state index is -1.74. The Hall–Kier alpha value is -0.930. The maximum absolute atomic E-state index is 9.98. The predicted molar refractivity (Wildman–Crippen MR) is 76.2 cm³/mol. The van der Waals surface area contributed by atoms with Crippen LogP contribution in [0.3, 0.4) is 0 Å². The standard InChI is InChI=1S/C12H14Cl2N2O5/c13-4-1-6-7(2-5(4)14)16-12(15-6)11(21)10(20)9(19)8(18)3-17/h1-2,8-11,17-21H,3H2,(H,15,16)/t8-,9-,10+,11+/m1/s1. The van der Waals surface area contributed by atoms with Gasteiger partial charge in [-0.1, -0.05) is 23.2 Å². The van der Waals surface area contributed by atoms with Crippen LogP contribution in [0.4, 0.5) is 0 Å². The summed E-state index contributed by atoms with van der Waals surface area (Å²) in [5.41, 5.74) is 0.908. The Bertz CT molecular complexity index is 596. The van der Waals surface area contributed by atoms with Gasteiger partial charge in [0.25, 0.3) is 0 Å². The van der Waals surface area contributed by atoms with Crippen molar-refractivity contribution in [1.82, 2.24) is 9.97 Å². The number of hydrogen-bond donors (Lipinski definition) is 6. The van der Waals surface area contributed by atoms with Crippen molar-refractivity contribution in [1.29, 1.82) is 0 Å². The van der Waals surface area contributed by atoms with E-state index in [1.165, 1.54) is 12.1 Å². The SMILES string of the molecule is OC[C@@H](O)[C@@H](O)[C@H](O)[C@H](O)c1nc2cc(Cl)c(Cl)cc2[nH]1. The molecule has 0 saturated carbocycles. The van der Waals surface area contributed by atoms with Gasteiger partial charge < -0.3 is 30.5 Å². The van der Waals surface area contributed by atoms with E-state index in [4.69, 9.17) is 28.3 Å². The molecule has 0 aliphatic rings. The Morgan fingerprint density at radius 3 is 2.29 bits per heavy atom. The molecule has 7 nitrogen and oxygen atoms in total. The Morgan fingerprint density at radius 1 is 1.05 bits per heavy atom. The van der Waals surface area contributed by atoms with Crippen molar-refractivity contribution < 1.29 is 25.5 Å². The highest BCUT2D eigenvalue weighted by molar-refractivity contribution is 6.42. The lowest BCUT2D eigenvalue weighted by atomic mass is 10.0. The normalized spacial score (nSPS) is 17.7. The summed E-state index contributed by atoms with van der Waals surface area (Å²) in [6.45, 7) is -0.754. The van der Waals surface area contributed by atoms with Gasteiger partial charge in [0.05, 0.1) is 27.7 Å². The van der Waals surface area contributed by atoms with Crippen LogP contribution in [0, 0.1) is 0 Å². The number of imidazole rings is 1. The van der Waals surface area contributed by atoms with E-state index < -0.39 is 31.0 Å². The fourth-order valence-corrected chi connectivity index (χ4v) is 2.17. The molecule has 0 radical (unpaired) electrons. The summed E-state index contributed by atoms with van der Waals surface area (Å²) in [4.78, 5) is 6.78. The molecule has 9 heteroatoms. The van der Waals surface area contributed by atoms with Gasteiger partial charge in [0.15, 0.2) is 0 Å². The van der Waals surface area contributed by atoms with Gasteiger partial charge in [-0.05, 0) is 12.1 Å². The number of aromatic nitrogens is 2. The largest absolute Gasteiger partial charge is 0.394 e. The third kappa shape index (κ3) is 3.29. The quantitative estimate of drug-likeness (QED) is 0.455. The van der Waals surface area contributed by atoms with E-state index in [2.05, 4.69) is 9.97 Å². The fourth-order valence-electron chi connectivity index (χ4n) is 1.85. The molecule has 21 heavy (non-hydrogen) atoms. The molecule has 1 aromatic heterocycles. The average Bonchev–Trinajstić information content (AvgIpc) is 2.87. The van der Waals surface area contributed by atoms with Gasteiger partial charge in [0.2, 0.25) is 0 Å². The zero-order valence-electron chi connectivity index (χ0n) is 10.6. The molecule has 2 aromatic rings. The molecule has 0 saturated heterocycles. The Kier molecular flexibility index (Phi) is 5.05. The highest BCUT2D eigenvalue weighted by Crippen LogP contribution is 2.28. The Balaban J connectivity index is 2.28. The van der Waals surface area contributed by atoms with Gasteiger partial charge in [0, 0.05) is 0 Å². The minimum Gasteiger partial charge on any atom is -0.394 e. The monoisotopic (exact) mass is 336 g/mol.